The van der Waals surface area contributed by atoms with Crippen molar-refractivity contribution in [3.63, 3.8) is 0 Å². The van der Waals surface area contributed by atoms with Crippen LogP contribution in [0.3, 0.4) is 0 Å². The second kappa shape index (κ2) is 8.31. The van der Waals surface area contributed by atoms with Gasteiger partial charge in [-0.1, -0.05) is 6.07 Å². The molecule has 2 aliphatic rings. The molecule has 1 amide bonds. The molecular weight excluding hydrogens is 374 g/mol. The predicted octanol–water partition coefficient (Wildman–Crippen LogP) is 2.21. The lowest BCUT2D eigenvalue weighted by Gasteiger charge is -2.41. The molecule has 2 unspecified atom stereocenters. The van der Waals surface area contributed by atoms with Crippen molar-refractivity contribution in [2.24, 2.45) is 0 Å². The summed E-state index contributed by atoms with van der Waals surface area (Å²) in [5.41, 5.74) is 2.48. The van der Waals surface area contributed by atoms with E-state index in [4.69, 9.17) is 18.9 Å². The number of ether oxygens (including phenoxy) is 4. The molecule has 2 aliphatic heterocycles. The largest absolute Gasteiger partial charge is 0.493 e. The van der Waals surface area contributed by atoms with Crippen LogP contribution in [-0.4, -0.2) is 62.6 Å². The first-order valence-corrected chi connectivity index (χ1v) is 9.67. The Morgan fingerprint density at radius 1 is 1.14 bits per heavy atom. The van der Waals surface area contributed by atoms with Crippen LogP contribution in [0.4, 0.5) is 0 Å². The van der Waals surface area contributed by atoms with Gasteiger partial charge in [-0.05, 0) is 41.5 Å². The monoisotopic (exact) mass is 399 g/mol. The lowest BCUT2D eigenvalue weighted by molar-refractivity contribution is -0.0811. The van der Waals surface area contributed by atoms with Crippen molar-refractivity contribution in [1.82, 2.24) is 4.90 Å². The van der Waals surface area contributed by atoms with E-state index in [1.165, 1.54) is 0 Å². The minimum atomic E-state index is -0.524. The molecule has 0 aliphatic carbocycles. The Hall–Kier alpha value is -2.77. The third-order valence-corrected chi connectivity index (χ3v) is 5.48. The van der Waals surface area contributed by atoms with Crippen molar-refractivity contribution in [3.05, 3.63) is 53.1 Å². The summed E-state index contributed by atoms with van der Waals surface area (Å²) in [6.45, 7) is 1.25. The summed E-state index contributed by atoms with van der Waals surface area (Å²) in [6.07, 6.45) is 0.279. The first kappa shape index (κ1) is 19.5. The van der Waals surface area contributed by atoms with Crippen LogP contribution < -0.4 is 14.2 Å². The minimum absolute atomic E-state index is 0.0961. The zero-order valence-corrected chi connectivity index (χ0v) is 16.6. The zero-order valence-electron chi connectivity index (χ0n) is 16.6. The molecule has 154 valence electrons. The van der Waals surface area contributed by atoms with E-state index >= 15 is 0 Å². The summed E-state index contributed by atoms with van der Waals surface area (Å²) < 4.78 is 22.1. The molecule has 7 heteroatoms. The number of amides is 1. The number of hydrogen-bond acceptors (Lipinski definition) is 6. The number of fused-ring (bicyclic) bond motifs is 1. The van der Waals surface area contributed by atoms with E-state index in [9.17, 15) is 9.90 Å². The summed E-state index contributed by atoms with van der Waals surface area (Å²) in [5.74, 6) is 1.91. The summed E-state index contributed by atoms with van der Waals surface area (Å²) in [4.78, 5) is 15.2. The van der Waals surface area contributed by atoms with Crippen molar-refractivity contribution in [2.75, 3.05) is 40.6 Å². The van der Waals surface area contributed by atoms with Crippen LogP contribution in [0.2, 0.25) is 0 Å². The van der Waals surface area contributed by atoms with Crippen LogP contribution >= 0.6 is 0 Å². The number of aliphatic hydroxyl groups is 1. The van der Waals surface area contributed by atoms with E-state index < -0.39 is 12.1 Å². The highest BCUT2D eigenvalue weighted by molar-refractivity contribution is 5.95. The normalized spacial score (nSPS) is 20.7. The van der Waals surface area contributed by atoms with Gasteiger partial charge in [-0.3, -0.25) is 4.79 Å². The third-order valence-electron chi connectivity index (χ3n) is 5.48. The van der Waals surface area contributed by atoms with Crippen LogP contribution in [0.25, 0.3) is 0 Å². The number of nitrogens with zero attached hydrogens (tertiary/aromatic N) is 1. The van der Waals surface area contributed by atoms with Gasteiger partial charge < -0.3 is 29.0 Å². The molecule has 7 nitrogen and oxygen atoms in total. The third kappa shape index (κ3) is 3.63. The predicted molar refractivity (Wildman–Crippen MR) is 106 cm³/mol. The van der Waals surface area contributed by atoms with Crippen LogP contribution in [0.1, 0.15) is 27.5 Å². The average molecular weight is 399 g/mol. The van der Waals surface area contributed by atoms with Gasteiger partial charge in [0, 0.05) is 18.5 Å². The summed E-state index contributed by atoms with van der Waals surface area (Å²) >= 11 is 0. The Bertz CT molecular complexity index is 899. The van der Waals surface area contributed by atoms with E-state index in [1.807, 2.05) is 24.3 Å². The number of benzene rings is 2. The highest BCUT2D eigenvalue weighted by Crippen LogP contribution is 2.36. The quantitative estimate of drug-likeness (QED) is 0.831. The lowest BCUT2D eigenvalue weighted by Crippen LogP contribution is -2.49. The van der Waals surface area contributed by atoms with Gasteiger partial charge >= 0.3 is 0 Å². The van der Waals surface area contributed by atoms with E-state index in [2.05, 4.69) is 0 Å². The van der Waals surface area contributed by atoms with Gasteiger partial charge in [-0.15, -0.1) is 0 Å². The molecular formula is C22H25NO6. The topological polar surface area (TPSA) is 77.5 Å². The molecule has 29 heavy (non-hydrogen) atoms. The van der Waals surface area contributed by atoms with E-state index in [0.29, 0.717) is 36.8 Å². The molecule has 0 aromatic heterocycles. The molecule has 0 radical (unpaired) electrons. The van der Waals surface area contributed by atoms with Crippen molar-refractivity contribution in [1.29, 1.82) is 0 Å². The number of methoxy groups -OCH3 is 2. The van der Waals surface area contributed by atoms with Crippen LogP contribution in [0.15, 0.2) is 36.4 Å². The second-order valence-corrected chi connectivity index (χ2v) is 7.07. The maximum atomic E-state index is 13.4. The standard InChI is InChI=1S/C22H25NO6/c1-26-18-6-3-15(12-19(18)27-2)21-20(13-24)29-10-8-23(21)22(25)16-4-5-17-14(11-16)7-9-28-17/h3-6,11-12,20-21,24H,7-10,13H2,1-2H3. The maximum absolute atomic E-state index is 13.4. The highest BCUT2D eigenvalue weighted by atomic mass is 16.5. The Kier molecular flexibility index (Phi) is 5.60. The van der Waals surface area contributed by atoms with Crippen molar-refractivity contribution < 1.29 is 28.8 Å². The van der Waals surface area contributed by atoms with Crippen molar-refractivity contribution >= 4 is 5.91 Å². The fraction of sp³-hybridized carbons (Fsp3) is 0.409. The Morgan fingerprint density at radius 3 is 2.72 bits per heavy atom. The minimum Gasteiger partial charge on any atom is -0.493 e. The first-order valence-electron chi connectivity index (χ1n) is 9.67. The summed E-state index contributed by atoms with van der Waals surface area (Å²) in [6, 6.07) is 10.6. The van der Waals surface area contributed by atoms with Crippen molar-refractivity contribution in [2.45, 2.75) is 18.6 Å². The molecule has 0 bridgehead atoms. The number of hydrogen-bond donors (Lipinski definition) is 1. The Balaban J connectivity index is 1.70. The van der Waals surface area contributed by atoms with E-state index in [-0.39, 0.29) is 12.5 Å². The number of rotatable bonds is 5. The maximum Gasteiger partial charge on any atom is 0.254 e. The van der Waals surface area contributed by atoms with E-state index in [1.54, 1.807) is 31.3 Å². The Morgan fingerprint density at radius 2 is 1.97 bits per heavy atom. The van der Waals surface area contributed by atoms with Gasteiger partial charge in [0.1, 0.15) is 11.9 Å². The number of carbonyl (C=O) groups excluding carboxylic acids is 1. The fourth-order valence-corrected chi connectivity index (χ4v) is 4.03. The smallest absolute Gasteiger partial charge is 0.254 e. The first-order chi connectivity index (χ1) is 14.2. The molecule has 4 rings (SSSR count). The highest BCUT2D eigenvalue weighted by Gasteiger charge is 2.37. The number of carbonyl (C=O) groups is 1. The Labute approximate surface area is 169 Å². The fourth-order valence-electron chi connectivity index (χ4n) is 4.03. The number of aliphatic hydroxyl groups excluding tert-OH is 1. The lowest BCUT2D eigenvalue weighted by atomic mass is 9.96. The number of morpholine rings is 1. The van der Waals surface area contributed by atoms with Gasteiger partial charge in [0.2, 0.25) is 0 Å². The van der Waals surface area contributed by atoms with Gasteiger partial charge in [0.15, 0.2) is 11.5 Å². The average Bonchev–Trinajstić information content (AvgIpc) is 3.25. The molecule has 2 heterocycles. The van der Waals surface area contributed by atoms with Gasteiger partial charge in [-0.25, -0.2) is 0 Å². The van der Waals surface area contributed by atoms with Crippen LogP contribution in [0.5, 0.6) is 17.2 Å². The second-order valence-electron chi connectivity index (χ2n) is 7.07. The molecule has 1 saturated heterocycles. The molecule has 0 spiro atoms. The van der Waals surface area contributed by atoms with Crippen LogP contribution in [-0.2, 0) is 11.2 Å². The van der Waals surface area contributed by atoms with Crippen LogP contribution in [0, 0.1) is 0 Å². The molecule has 2 aromatic carbocycles. The summed E-state index contributed by atoms with van der Waals surface area (Å²) in [7, 11) is 3.14. The molecule has 2 atom stereocenters. The SMILES string of the molecule is COc1ccc(C2C(CO)OCCN2C(=O)c2ccc3c(c2)CCO3)cc1OC. The summed E-state index contributed by atoms with van der Waals surface area (Å²) in [5, 5.41) is 9.91. The van der Waals surface area contributed by atoms with Crippen molar-refractivity contribution in [3.8, 4) is 17.2 Å². The molecule has 1 N–H and O–H groups in total. The van der Waals surface area contributed by atoms with Gasteiger partial charge in [-0.2, -0.15) is 0 Å². The zero-order chi connectivity index (χ0) is 20.4. The molecule has 0 saturated carbocycles. The van der Waals surface area contributed by atoms with Gasteiger partial charge in [0.05, 0.1) is 40.1 Å². The molecule has 2 aromatic rings. The van der Waals surface area contributed by atoms with E-state index in [0.717, 1.165) is 23.3 Å². The van der Waals surface area contributed by atoms with Gasteiger partial charge in [0.25, 0.3) is 5.91 Å². The molecule has 1 fully saturated rings.